The first kappa shape index (κ1) is 11.9. The largest absolute Gasteiger partial charge is 0.394 e. The van der Waals surface area contributed by atoms with Gasteiger partial charge in [0, 0.05) is 38.3 Å². The Labute approximate surface area is 86.7 Å². The Bertz CT molecular complexity index is 165. The van der Waals surface area contributed by atoms with Crippen LogP contribution in [0.2, 0.25) is 0 Å². The molecular weight excluding hydrogens is 178 g/mol. The molecule has 0 radical (unpaired) electrons. The molecule has 1 unspecified atom stereocenters. The van der Waals surface area contributed by atoms with Gasteiger partial charge in [-0.1, -0.05) is 6.92 Å². The van der Waals surface area contributed by atoms with Crippen LogP contribution in [0.3, 0.4) is 0 Å². The lowest BCUT2D eigenvalue weighted by molar-refractivity contribution is 0.0960. The minimum atomic E-state index is -0.450. The third kappa shape index (κ3) is 3.53. The second-order valence-corrected chi connectivity index (χ2v) is 4.52. The number of rotatable bonds is 4. The van der Waals surface area contributed by atoms with Crippen molar-refractivity contribution in [2.45, 2.75) is 19.4 Å². The summed E-state index contributed by atoms with van der Waals surface area (Å²) in [6.45, 7) is 10.5. The minimum Gasteiger partial charge on any atom is -0.394 e. The van der Waals surface area contributed by atoms with Crippen LogP contribution in [0.5, 0.6) is 0 Å². The van der Waals surface area contributed by atoms with E-state index in [2.05, 4.69) is 16.7 Å². The third-order valence-corrected chi connectivity index (χ3v) is 2.86. The number of hydrogen-bond donors (Lipinski definition) is 2. The molecule has 0 aromatic carbocycles. The van der Waals surface area contributed by atoms with Crippen molar-refractivity contribution in [2.75, 3.05) is 45.9 Å². The maximum atomic E-state index is 9.06. The summed E-state index contributed by atoms with van der Waals surface area (Å²) in [5.41, 5.74) is 5.46. The Kier molecular flexibility index (Phi) is 4.31. The predicted molar refractivity (Wildman–Crippen MR) is 58.2 cm³/mol. The number of piperazine rings is 1. The molecule has 1 atom stereocenters. The van der Waals surface area contributed by atoms with Gasteiger partial charge >= 0.3 is 0 Å². The first-order chi connectivity index (χ1) is 6.57. The lowest BCUT2D eigenvalue weighted by Gasteiger charge is -2.37. The topological polar surface area (TPSA) is 52.7 Å². The summed E-state index contributed by atoms with van der Waals surface area (Å²) >= 11 is 0. The highest BCUT2D eigenvalue weighted by Crippen LogP contribution is 2.06. The van der Waals surface area contributed by atoms with Crippen LogP contribution < -0.4 is 5.73 Å². The minimum absolute atomic E-state index is 0.0565. The first-order valence-electron chi connectivity index (χ1n) is 5.42. The smallest absolute Gasteiger partial charge is 0.0621 e. The van der Waals surface area contributed by atoms with Crippen molar-refractivity contribution in [2.24, 2.45) is 5.73 Å². The molecule has 0 aromatic heterocycles. The van der Waals surface area contributed by atoms with Gasteiger partial charge in [0.05, 0.1) is 6.61 Å². The molecule has 4 nitrogen and oxygen atoms in total. The van der Waals surface area contributed by atoms with Crippen molar-refractivity contribution in [3.05, 3.63) is 0 Å². The fourth-order valence-corrected chi connectivity index (χ4v) is 1.82. The van der Waals surface area contributed by atoms with Crippen molar-refractivity contribution in [3.8, 4) is 0 Å². The van der Waals surface area contributed by atoms with Crippen LogP contribution in [0.15, 0.2) is 0 Å². The molecule has 84 valence electrons. The van der Waals surface area contributed by atoms with Crippen LogP contribution >= 0.6 is 0 Å². The number of nitrogens with zero attached hydrogens (tertiary/aromatic N) is 2. The lowest BCUT2D eigenvalue weighted by Crippen LogP contribution is -2.55. The van der Waals surface area contributed by atoms with E-state index in [1.807, 2.05) is 6.92 Å². The molecule has 0 aromatic rings. The van der Waals surface area contributed by atoms with Crippen molar-refractivity contribution < 1.29 is 5.11 Å². The van der Waals surface area contributed by atoms with E-state index in [4.69, 9.17) is 10.8 Å². The number of aliphatic hydroxyl groups is 1. The number of aliphatic hydroxyl groups excluding tert-OH is 1. The quantitative estimate of drug-likeness (QED) is 0.634. The summed E-state index contributed by atoms with van der Waals surface area (Å²) in [7, 11) is 0. The van der Waals surface area contributed by atoms with E-state index >= 15 is 0 Å². The molecular formula is C10H23N3O. The summed E-state index contributed by atoms with van der Waals surface area (Å²) in [5, 5.41) is 9.06. The monoisotopic (exact) mass is 201 g/mol. The van der Waals surface area contributed by atoms with Gasteiger partial charge in [0.15, 0.2) is 0 Å². The Morgan fingerprint density at radius 3 is 2.14 bits per heavy atom. The zero-order valence-corrected chi connectivity index (χ0v) is 9.37. The van der Waals surface area contributed by atoms with Gasteiger partial charge in [-0.2, -0.15) is 0 Å². The normalized spacial score (nSPS) is 24.9. The molecule has 0 saturated carbocycles. The van der Waals surface area contributed by atoms with E-state index in [1.165, 1.54) is 0 Å². The van der Waals surface area contributed by atoms with Crippen LogP contribution in [0.25, 0.3) is 0 Å². The number of nitrogens with two attached hydrogens (primary N) is 1. The molecule has 0 amide bonds. The fraction of sp³-hybridized carbons (Fsp3) is 1.00. The zero-order chi connectivity index (χ0) is 10.6. The van der Waals surface area contributed by atoms with Crippen molar-refractivity contribution in [3.63, 3.8) is 0 Å². The van der Waals surface area contributed by atoms with E-state index in [1.54, 1.807) is 0 Å². The average molecular weight is 201 g/mol. The Morgan fingerprint density at radius 1 is 1.21 bits per heavy atom. The van der Waals surface area contributed by atoms with Gasteiger partial charge < -0.3 is 15.7 Å². The second-order valence-electron chi connectivity index (χ2n) is 4.52. The maximum Gasteiger partial charge on any atom is 0.0621 e. The van der Waals surface area contributed by atoms with Gasteiger partial charge in [-0.05, 0) is 13.5 Å². The first-order valence-corrected chi connectivity index (χ1v) is 5.42. The SMILES string of the molecule is CCN1CCN(CC(C)(N)CO)CC1. The molecule has 1 saturated heterocycles. The summed E-state index contributed by atoms with van der Waals surface area (Å²) in [4.78, 5) is 4.77. The van der Waals surface area contributed by atoms with Crippen LogP contribution in [-0.4, -0.2) is 66.3 Å². The van der Waals surface area contributed by atoms with Crippen molar-refractivity contribution in [1.82, 2.24) is 9.80 Å². The highest BCUT2D eigenvalue weighted by Gasteiger charge is 2.23. The zero-order valence-electron chi connectivity index (χ0n) is 9.37. The molecule has 4 heteroatoms. The second kappa shape index (κ2) is 5.07. The van der Waals surface area contributed by atoms with Gasteiger partial charge in [-0.15, -0.1) is 0 Å². The predicted octanol–water partition coefficient (Wildman–Crippen LogP) is -0.666. The van der Waals surface area contributed by atoms with E-state index in [0.29, 0.717) is 0 Å². The molecule has 1 aliphatic rings. The van der Waals surface area contributed by atoms with Gasteiger partial charge in [0.2, 0.25) is 0 Å². The highest BCUT2D eigenvalue weighted by molar-refractivity contribution is 4.84. The lowest BCUT2D eigenvalue weighted by atomic mass is 10.0. The Balaban J connectivity index is 2.28. The number of hydrogen-bond acceptors (Lipinski definition) is 4. The van der Waals surface area contributed by atoms with Crippen molar-refractivity contribution >= 4 is 0 Å². The standard InChI is InChI=1S/C10H23N3O/c1-3-12-4-6-13(7-5-12)8-10(2,11)9-14/h14H,3-9,11H2,1-2H3. The van der Waals surface area contributed by atoms with E-state index < -0.39 is 5.54 Å². The fourth-order valence-electron chi connectivity index (χ4n) is 1.82. The van der Waals surface area contributed by atoms with Crippen LogP contribution in [0, 0.1) is 0 Å². The molecule has 3 N–H and O–H groups in total. The summed E-state index contributed by atoms with van der Waals surface area (Å²) in [5.74, 6) is 0. The molecule has 0 spiro atoms. The molecule has 1 aliphatic heterocycles. The molecule has 1 rings (SSSR count). The van der Waals surface area contributed by atoms with Crippen molar-refractivity contribution in [1.29, 1.82) is 0 Å². The molecule has 1 heterocycles. The Morgan fingerprint density at radius 2 is 1.71 bits per heavy atom. The molecule has 0 aliphatic carbocycles. The van der Waals surface area contributed by atoms with Crippen LogP contribution in [0.1, 0.15) is 13.8 Å². The van der Waals surface area contributed by atoms with Crippen LogP contribution in [0.4, 0.5) is 0 Å². The van der Waals surface area contributed by atoms with E-state index in [0.717, 1.165) is 39.3 Å². The van der Waals surface area contributed by atoms with Gasteiger partial charge in [0.1, 0.15) is 0 Å². The summed E-state index contributed by atoms with van der Waals surface area (Å²) in [6, 6.07) is 0. The number of likely N-dealkylation sites (N-methyl/N-ethyl adjacent to an activating group) is 1. The van der Waals surface area contributed by atoms with E-state index in [-0.39, 0.29) is 6.61 Å². The van der Waals surface area contributed by atoms with Gasteiger partial charge in [-0.25, -0.2) is 0 Å². The van der Waals surface area contributed by atoms with Gasteiger partial charge in [0.25, 0.3) is 0 Å². The average Bonchev–Trinajstić information content (AvgIpc) is 2.19. The Hall–Kier alpha value is -0.160. The maximum absolute atomic E-state index is 9.06. The van der Waals surface area contributed by atoms with Crippen LogP contribution in [-0.2, 0) is 0 Å². The van der Waals surface area contributed by atoms with Gasteiger partial charge in [-0.3, -0.25) is 4.90 Å². The summed E-state index contributed by atoms with van der Waals surface area (Å²) < 4.78 is 0. The van der Waals surface area contributed by atoms with E-state index in [9.17, 15) is 0 Å². The molecule has 0 bridgehead atoms. The highest BCUT2D eigenvalue weighted by atomic mass is 16.3. The third-order valence-electron chi connectivity index (χ3n) is 2.86. The molecule has 1 fully saturated rings. The molecule has 14 heavy (non-hydrogen) atoms. The summed E-state index contributed by atoms with van der Waals surface area (Å²) in [6.07, 6.45) is 0.